The van der Waals surface area contributed by atoms with Gasteiger partial charge >= 0.3 is 0 Å². The summed E-state index contributed by atoms with van der Waals surface area (Å²) >= 11 is 0. The summed E-state index contributed by atoms with van der Waals surface area (Å²) < 4.78 is 1.73. The Hall–Kier alpha value is -3.53. The van der Waals surface area contributed by atoms with Gasteiger partial charge in [-0.3, -0.25) is 9.20 Å². The molecule has 126 valence electrons. The van der Waals surface area contributed by atoms with Crippen LogP contribution in [0.1, 0.15) is 22.5 Å². The zero-order chi connectivity index (χ0) is 17.6. The number of nitriles is 1. The number of amides is 1. The average molecular weight is 335 g/mol. The smallest absolute Gasteiger partial charge is 0.251 e. The van der Waals surface area contributed by atoms with E-state index in [9.17, 15) is 15.2 Å². The molecule has 0 aliphatic rings. The van der Waals surface area contributed by atoms with Crippen molar-refractivity contribution in [3.05, 3.63) is 59.9 Å². The van der Waals surface area contributed by atoms with E-state index in [1.54, 1.807) is 22.7 Å². The molecule has 0 fully saturated rings. The molecular weight excluding hydrogens is 318 g/mol. The second-order valence-electron chi connectivity index (χ2n) is 5.44. The first-order valence-electron chi connectivity index (χ1n) is 7.87. The van der Waals surface area contributed by atoms with Crippen molar-refractivity contribution in [1.82, 2.24) is 14.7 Å². The highest BCUT2D eigenvalue weighted by Gasteiger charge is 2.10. The van der Waals surface area contributed by atoms with E-state index in [0.717, 1.165) is 0 Å². The number of nitrogens with one attached hydrogen (secondary N) is 2. The van der Waals surface area contributed by atoms with Crippen molar-refractivity contribution in [2.75, 3.05) is 18.4 Å². The molecule has 0 saturated carbocycles. The molecule has 1 amide bonds. The van der Waals surface area contributed by atoms with Crippen LogP contribution in [-0.4, -0.2) is 33.5 Å². The lowest BCUT2D eigenvalue weighted by atomic mass is 10.2. The van der Waals surface area contributed by atoms with Gasteiger partial charge in [0.15, 0.2) is 11.5 Å². The molecule has 0 unspecified atom stereocenters. The van der Waals surface area contributed by atoms with E-state index in [1.807, 2.05) is 18.2 Å². The van der Waals surface area contributed by atoms with Crippen LogP contribution >= 0.6 is 0 Å². The maximum Gasteiger partial charge on any atom is 0.251 e. The van der Waals surface area contributed by atoms with Gasteiger partial charge in [0.2, 0.25) is 0 Å². The zero-order valence-corrected chi connectivity index (χ0v) is 13.4. The molecular formula is C18H17N5O2. The maximum absolute atomic E-state index is 11.9. The van der Waals surface area contributed by atoms with Gasteiger partial charge in [0, 0.05) is 24.8 Å². The first-order valence-corrected chi connectivity index (χ1v) is 7.87. The van der Waals surface area contributed by atoms with Gasteiger partial charge < -0.3 is 15.7 Å². The molecule has 2 aromatic heterocycles. The molecule has 0 bridgehead atoms. The normalized spacial score (nSPS) is 10.4. The van der Waals surface area contributed by atoms with Crippen LogP contribution in [0.15, 0.2) is 48.7 Å². The molecule has 3 N–H and O–H groups in total. The van der Waals surface area contributed by atoms with E-state index in [1.165, 1.54) is 12.1 Å². The number of fused-ring (bicyclic) bond motifs is 1. The number of hydrogen-bond donors (Lipinski definition) is 3. The summed E-state index contributed by atoms with van der Waals surface area (Å²) in [7, 11) is 0. The Kier molecular flexibility index (Phi) is 4.81. The van der Waals surface area contributed by atoms with E-state index in [-0.39, 0.29) is 11.7 Å². The molecule has 0 spiro atoms. The highest BCUT2D eigenvalue weighted by Crippen LogP contribution is 2.16. The summed E-state index contributed by atoms with van der Waals surface area (Å²) in [5, 5.41) is 24.6. The van der Waals surface area contributed by atoms with E-state index < -0.39 is 0 Å². The maximum atomic E-state index is 11.9. The number of carbonyl (C=O) groups excluding carboxylic acids is 1. The van der Waals surface area contributed by atoms with Crippen molar-refractivity contribution in [2.45, 2.75) is 6.42 Å². The first-order chi connectivity index (χ1) is 12.2. The van der Waals surface area contributed by atoms with Gasteiger partial charge in [0.1, 0.15) is 17.5 Å². The van der Waals surface area contributed by atoms with Crippen molar-refractivity contribution in [2.24, 2.45) is 0 Å². The number of anilines is 1. The Bertz CT molecular complexity index is 942. The van der Waals surface area contributed by atoms with Gasteiger partial charge in [0.25, 0.3) is 5.91 Å². The number of phenolic OH excluding ortho intramolecular Hbond substituents is 1. The number of imidazole rings is 1. The van der Waals surface area contributed by atoms with E-state index in [2.05, 4.69) is 21.7 Å². The van der Waals surface area contributed by atoms with Crippen LogP contribution in [0.2, 0.25) is 0 Å². The van der Waals surface area contributed by atoms with Crippen molar-refractivity contribution < 1.29 is 9.90 Å². The molecule has 7 nitrogen and oxygen atoms in total. The third-order valence-corrected chi connectivity index (χ3v) is 3.68. The molecule has 0 radical (unpaired) electrons. The van der Waals surface area contributed by atoms with Crippen LogP contribution in [0.3, 0.4) is 0 Å². The molecule has 0 saturated heterocycles. The van der Waals surface area contributed by atoms with Gasteiger partial charge in [0.05, 0.1) is 0 Å². The quantitative estimate of drug-likeness (QED) is 0.599. The SMILES string of the molecule is N#Cc1c(NCCCNC(=O)c2cccc(O)c2)nc2ccccn12. The lowest BCUT2D eigenvalue weighted by Gasteiger charge is -2.06. The van der Waals surface area contributed by atoms with E-state index in [0.29, 0.717) is 42.2 Å². The number of aromatic hydroxyl groups is 1. The van der Waals surface area contributed by atoms with Crippen LogP contribution in [0, 0.1) is 11.3 Å². The molecule has 0 aliphatic heterocycles. The predicted molar refractivity (Wildman–Crippen MR) is 93.5 cm³/mol. The van der Waals surface area contributed by atoms with Gasteiger partial charge in [-0.05, 0) is 36.8 Å². The molecule has 0 aliphatic carbocycles. The third kappa shape index (κ3) is 3.70. The second kappa shape index (κ2) is 7.36. The lowest BCUT2D eigenvalue weighted by Crippen LogP contribution is -2.25. The minimum absolute atomic E-state index is 0.0604. The van der Waals surface area contributed by atoms with Crippen LogP contribution in [0.25, 0.3) is 5.65 Å². The van der Waals surface area contributed by atoms with Crippen LogP contribution < -0.4 is 10.6 Å². The number of phenols is 1. The fourth-order valence-corrected chi connectivity index (χ4v) is 2.47. The summed E-state index contributed by atoms with van der Waals surface area (Å²) in [5.74, 6) is 0.361. The number of hydrogen-bond acceptors (Lipinski definition) is 5. The lowest BCUT2D eigenvalue weighted by molar-refractivity contribution is 0.0953. The number of aromatic nitrogens is 2. The molecule has 0 atom stereocenters. The summed E-state index contributed by atoms with van der Waals surface area (Å²) in [4.78, 5) is 16.3. The van der Waals surface area contributed by atoms with Gasteiger partial charge in [-0.15, -0.1) is 0 Å². The monoisotopic (exact) mass is 335 g/mol. The average Bonchev–Trinajstić information content (AvgIpc) is 2.98. The summed E-state index contributed by atoms with van der Waals surface area (Å²) in [5.41, 5.74) is 1.58. The van der Waals surface area contributed by atoms with Crippen LogP contribution in [0.4, 0.5) is 5.82 Å². The highest BCUT2D eigenvalue weighted by molar-refractivity contribution is 5.94. The number of carbonyl (C=O) groups is 1. The summed E-state index contributed by atoms with van der Waals surface area (Å²) in [6.07, 6.45) is 2.46. The molecule has 3 aromatic rings. The number of pyridine rings is 1. The fourth-order valence-electron chi connectivity index (χ4n) is 2.47. The van der Waals surface area contributed by atoms with Crippen LogP contribution in [0.5, 0.6) is 5.75 Å². The van der Waals surface area contributed by atoms with E-state index >= 15 is 0 Å². The summed E-state index contributed by atoms with van der Waals surface area (Å²) in [6.45, 7) is 1.04. The van der Waals surface area contributed by atoms with E-state index in [4.69, 9.17) is 0 Å². The fraction of sp³-hybridized carbons (Fsp3) is 0.167. The van der Waals surface area contributed by atoms with Gasteiger partial charge in [-0.1, -0.05) is 12.1 Å². The Balaban J connectivity index is 1.51. The number of nitrogens with zero attached hydrogens (tertiary/aromatic N) is 3. The van der Waals surface area contributed by atoms with Gasteiger partial charge in [-0.2, -0.15) is 5.26 Å². The molecule has 1 aromatic carbocycles. The minimum Gasteiger partial charge on any atom is -0.508 e. The van der Waals surface area contributed by atoms with Crippen LogP contribution in [-0.2, 0) is 0 Å². The highest BCUT2D eigenvalue weighted by atomic mass is 16.3. The Morgan fingerprint density at radius 2 is 2.12 bits per heavy atom. The van der Waals surface area contributed by atoms with Crippen molar-refractivity contribution in [1.29, 1.82) is 5.26 Å². The number of benzene rings is 1. The second-order valence-corrected chi connectivity index (χ2v) is 5.44. The Morgan fingerprint density at radius 1 is 1.24 bits per heavy atom. The van der Waals surface area contributed by atoms with Crippen molar-refractivity contribution >= 4 is 17.4 Å². The zero-order valence-electron chi connectivity index (χ0n) is 13.4. The Labute approximate surface area is 144 Å². The van der Waals surface area contributed by atoms with Crippen molar-refractivity contribution in [3.63, 3.8) is 0 Å². The summed E-state index contributed by atoms with van der Waals surface area (Å²) in [6, 6.07) is 13.9. The molecule has 3 rings (SSSR count). The largest absolute Gasteiger partial charge is 0.508 e. The standard InChI is InChI=1S/C18H17N5O2/c19-12-15-17(22-16-7-1-2-10-23(15)16)20-8-4-9-21-18(25)13-5-3-6-14(24)11-13/h1-3,5-7,10-11,20,24H,4,8-9H2,(H,21,25). The minimum atomic E-state index is -0.235. The molecule has 25 heavy (non-hydrogen) atoms. The molecule has 7 heteroatoms. The third-order valence-electron chi connectivity index (χ3n) is 3.68. The topological polar surface area (TPSA) is 102 Å². The molecule has 2 heterocycles. The predicted octanol–water partition coefficient (Wildman–Crippen LogP) is 2.14. The number of rotatable bonds is 6. The van der Waals surface area contributed by atoms with Gasteiger partial charge in [-0.25, -0.2) is 4.98 Å². The first kappa shape index (κ1) is 16.3. The van der Waals surface area contributed by atoms with Crippen molar-refractivity contribution in [3.8, 4) is 11.8 Å². The Morgan fingerprint density at radius 3 is 2.92 bits per heavy atom.